The van der Waals surface area contributed by atoms with E-state index in [1.807, 2.05) is 27.9 Å². The van der Waals surface area contributed by atoms with Gasteiger partial charge in [0, 0.05) is 19.3 Å². The molecule has 0 spiro atoms. The van der Waals surface area contributed by atoms with Crippen LogP contribution in [0.2, 0.25) is 0 Å². The molecule has 16 heavy (non-hydrogen) atoms. The molecule has 0 heterocycles. The molecule has 0 aromatic rings. The van der Waals surface area contributed by atoms with Crippen LogP contribution in [0.5, 0.6) is 0 Å². The van der Waals surface area contributed by atoms with E-state index in [2.05, 4.69) is 0 Å². The van der Waals surface area contributed by atoms with E-state index in [0.717, 1.165) is 0 Å². The van der Waals surface area contributed by atoms with Gasteiger partial charge in [0.25, 0.3) is 0 Å². The summed E-state index contributed by atoms with van der Waals surface area (Å²) in [6.45, 7) is 6.71. The molecule has 0 atom stereocenters. The Kier molecular flexibility index (Phi) is 5.97. The maximum absolute atomic E-state index is 11.0. The van der Waals surface area contributed by atoms with Crippen LogP contribution in [0, 0.1) is 0 Å². The van der Waals surface area contributed by atoms with E-state index in [4.69, 9.17) is 4.74 Å². The summed E-state index contributed by atoms with van der Waals surface area (Å²) in [5, 5.41) is 10.4. The van der Waals surface area contributed by atoms with Crippen molar-refractivity contribution >= 4 is 5.97 Å². The zero-order valence-corrected chi connectivity index (χ0v) is 11.2. The van der Waals surface area contributed by atoms with E-state index >= 15 is 0 Å². The second kappa shape index (κ2) is 6.21. The van der Waals surface area contributed by atoms with Gasteiger partial charge in [0.15, 0.2) is 5.72 Å². The fourth-order valence-electron chi connectivity index (χ4n) is 1.80. The number of carbonyl (C=O) groups is 1. The molecular weight excluding hydrogens is 206 g/mol. The molecule has 96 valence electrons. The first-order valence-electron chi connectivity index (χ1n) is 6.04. The second-order valence-corrected chi connectivity index (χ2v) is 4.67. The maximum Gasteiger partial charge on any atom is 0.305 e. The number of quaternary nitrogens is 1. The molecule has 0 aliphatic carbocycles. The number of nitrogens with zero attached hydrogens (tertiary/aromatic N) is 1. The summed E-state index contributed by atoms with van der Waals surface area (Å²) in [7, 11) is 3.93. The van der Waals surface area contributed by atoms with Gasteiger partial charge >= 0.3 is 5.97 Å². The molecule has 0 rings (SSSR count). The zero-order chi connectivity index (χ0) is 12.8. The lowest BCUT2D eigenvalue weighted by Crippen LogP contribution is -2.60. The van der Waals surface area contributed by atoms with E-state index in [0.29, 0.717) is 36.9 Å². The lowest BCUT2D eigenvalue weighted by Gasteiger charge is -2.44. The number of esters is 1. The minimum absolute atomic E-state index is 0.184. The van der Waals surface area contributed by atoms with E-state index in [1.54, 1.807) is 6.92 Å². The molecule has 0 radical (unpaired) electrons. The molecule has 0 aliphatic heterocycles. The lowest BCUT2D eigenvalue weighted by atomic mass is 10.0. The van der Waals surface area contributed by atoms with Crippen molar-refractivity contribution in [1.29, 1.82) is 0 Å². The van der Waals surface area contributed by atoms with Crippen molar-refractivity contribution in [2.45, 2.75) is 45.8 Å². The Labute approximate surface area is 98.8 Å². The fraction of sp³-hybridized carbons (Fsp3) is 0.917. The number of rotatable bonds is 7. The summed E-state index contributed by atoms with van der Waals surface area (Å²) in [6.07, 6.45) is 1.79. The molecule has 4 nitrogen and oxygen atoms in total. The number of ether oxygens (including phenoxy) is 1. The van der Waals surface area contributed by atoms with Crippen molar-refractivity contribution in [3.05, 3.63) is 0 Å². The quantitative estimate of drug-likeness (QED) is 0.411. The van der Waals surface area contributed by atoms with Crippen molar-refractivity contribution in [2.24, 2.45) is 0 Å². The van der Waals surface area contributed by atoms with Gasteiger partial charge in [-0.05, 0) is 0 Å². The molecule has 0 fully saturated rings. The molecule has 1 N–H and O–H groups in total. The van der Waals surface area contributed by atoms with E-state index in [-0.39, 0.29) is 5.97 Å². The number of likely N-dealkylation sites (N-methyl/N-ethyl adjacent to an activating group) is 1. The standard InChI is InChI=1S/C12H26NO3/c1-6-11(14)16-10-9-13(4,5)12(15,7-2)8-3/h15H,6-10H2,1-5H3/q+1. The predicted molar refractivity (Wildman–Crippen MR) is 63.8 cm³/mol. The van der Waals surface area contributed by atoms with Crippen LogP contribution < -0.4 is 0 Å². The number of aliphatic hydroxyl groups is 1. The topological polar surface area (TPSA) is 46.5 Å². The summed E-state index contributed by atoms with van der Waals surface area (Å²) in [6, 6.07) is 0. The van der Waals surface area contributed by atoms with Crippen molar-refractivity contribution in [1.82, 2.24) is 0 Å². The Morgan fingerprint density at radius 3 is 2.12 bits per heavy atom. The van der Waals surface area contributed by atoms with Crippen LogP contribution in [0.1, 0.15) is 40.0 Å². The third kappa shape index (κ3) is 3.76. The molecule has 0 saturated heterocycles. The molecule has 0 aromatic carbocycles. The van der Waals surface area contributed by atoms with Gasteiger partial charge in [-0.1, -0.05) is 20.8 Å². The normalized spacial score (nSPS) is 12.6. The molecule has 0 aliphatic rings. The summed E-state index contributed by atoms with van der Waals surface area (Å²) in [5.41, 5.74) is -0.737. The highest BCUT2D eigenvalue weighted by Crippen LogP contribution is 2.24. The maximum atomic E-state index is 11.0. The summed E-state index contributed by atoms with van der Waals surface area (Å²) >= 11 is 0. The van der Waals surface area contributed by atoms with Gasteiger partial charge in [0.05, 0.1) is 14.1 Å². The Morgan fingerprint density at radius 2 is 1.75 bits per heavy atom. The summed E-state index contributed by atoms with van der Waals surface area (Å²) < 4.78 is 5.50. The average molecular weight is 232 g/mol. The van der Waals surface area contributed by atoms with Crippen LogP contribution >= 0.6 is 0 Å². The predicted octanol–water partition coefficient (Wildman–Crippen LogP) is 1.52. The third-order valence-electron chi connectivity index (χ3n) is 3.46. The van der Waals surface area contributed by atoms with Crippen LogP contribution in [-0.2, 0) is 9.53 Å². The minimum Gasteiger partial charge on any atom is -0.460 e. The summed E-state index contributed by atoms with van der Waals surface area (Å²) in [5.74, 6) is -0.184. The zero-order valence-electron chi connectivity index (χ0n) is 11.2. The van der Waals surface area contributed by atoms with Gasteiger partial charge in [-0.2, -0.15) is 0 Å². The molecule has 0 aromatic heterocycles. The highest BCUT2D eigenvalue weighted by molar-refractivity contribution is 5.68. The van der Waals surface area contributed by atoms with E-state index in [1.165, 1.54) is 0 Å². The largest absolute Gasteiger partial charge is 0.460 e. The SMILES string of the molecule is CCC(=O)OCC[N+](C)(C)C(O)(CC)CC. The first-order valence-corrected chi connectivity index (χ1v) is 6.04. The van der Waals surface area contributed by atoms with Crippen LogP contribution in [0.15, 0.2) is 0 Å². The first-order chi connectivity index (χ1) is 7.33. The Hall–Kier alpha value is -0.610. The first kappa shape index (κ1) is 15.4. The molecular formula is C12H26NO3+. The van der Waals surface area contributed by atoms with Crippen molar-refractivity contribution in [3.8, 4) is 0 Å². The summed E-state index contributed by atoms with van der Waals surface area (Å²) in [4.78, 5) is 11.0. The molecule has 0 amide bonds. The van der Waals surface area contributed by atoms with E-state index in [9.17, 15) is 9.90 Å². The third-order valence-corrected chi connectivity index (χ3v) is 3.46. The van der Waals surface area contributed by atoms with E-state index < -0.39 is 5.72 Å². The minimum atomic E-state index is -0.737. The number of hydrogen-bond acceptors (Lipinski definition) is 3. The molecule has 0 bridgehead atoms. The van der Waals surface area contributed by atoms with Crippen molar-refractivity contribution < 1.29 is 19.1 Å². The smallest absolute Gasteiger partial charge is 0.305 e. The molecule has 0 unspecified atom stereocenters. The fourth-order valence-corrected chi connectivity index (χ4v) is 1.80. The second-order valence-electron chi connectivity index (χ2n) is 4.67. The highest BCUT2D eigenvalue weighted by Gasteiger charge is 2.40. The Morgan fingerprint density at radius 1 is 1.25 bits per heavy atom. The Balaban J connectivity index is 4.28. The van der Waals surface area contributed by atoms with Gasteiger partial charge in [-0.25, -0.2) is 0 Å². The Bertz CT molecular complexity index is 222. The van der Waals surface area contributed by atoms with Crippen LogP contribution in [0.3, 0.4) is 0 Å². The van der Waals surface area contributed by atoms with Crippen LogP contribution in [-0.4, -0.2) is 48.5 Å². The van der Waals surface area contributed by atoms with Crippen molar-refractivity contribution in [3.63, 3.8) is 0 Å². The van der Waals surface area contributed by atoms with Gasteiger partial charge < -0.3 is 9.84 Å². The van der Waals surface area contributed by atoms with Gasteiger partial charge in [0.1, 0.15) is 13.2 Å². The van der Waals surface area contributed by atoms with Gasteiger partial charge in [-0.3, -0.25) is 9.28 Å². The lowest BCUT2D eigenvalue weighted by molar-refractivity contribution is -0.967. The molecule has 4 heteroatoms. The average Bonchev–Trinajstić information content (AvgIpc) is 2.27. The highest BCUT2D eigenvalue weighted by atomic mass is 16.5. The van der Waals surface area contributed by atoms with Crippen LogP contribution in [0.25, 0.3) is 0 Å². The van der Waals surface area contributed by atoms with Crippen LogP contribution in [0.4, 0.5) is 0 Å². The monoisotopic (exact) mass is 232 g/mol. The molecule has 0 saturated carbocycles. The van der Waals surface area contributed by atoms with Gasteiger partial charge in [0.2, 0.25) is 0 Å². The van der Waals surface area contributed by atoms with Crippen molar-refractivity contribution in [2.75, 3.05) is 27.2 Å². The number of carbonyl (C=O) groups excluding carboxylic acids is 1. The van der Waals surface area contributed by atoms with Gasteiger partial charge in [-0.15, -0.1) is 0 Å². The number of hydrogen-bond donors (Lipinski definition) is 1.